The molecule has 0 saturated carbocycles. The van der Waals surface area contributed by atoms with Gasteiger partial charge in [0.15, 0.2) is 5.75 Å². The van der Waals surface area contributed by atoms with Gasteiger partial charge in [-0.3, -0.25) is 4.79 Å². The zero-order chi connectivity index (χ0) is 23.8. The van der Waals surface area contributed by atoms with Gasteiger partial charge in [0.2, 0.25) is 15.9 Å². The Hall–Kier alpha value is -3.24. The van der Waals surface area contributed by atoms with Crippen molar-refractivity contribution in [1.29, 1.82) is 0 Å². The summed E-state index contributed by atoms with van der Waals surface area (Å²) < 4.78 is 44.3. The maximum atomic E-state index is 13.1. The molecule has 0 atom stereocenters. The van der Waals surface area contributed by atoms with Crippen LogP contribution in [0.15, 0.2) is 83.8 Å². The highest BCUT2D eigenvalue weighted by molar-refractivity contribution is 7.89. The van der Waals surface area contributed by atoms with Gasteiger partial charge in [-0.25, -0.2) is 8.42 Å². The van der Waals surface area contributed by atoms with Gasteiger partial charge in [-0.1, -0.05) is 48.5 Å². The largest absolute Gasteiger partial charge is 0.455 e. The minimum atomic E-state index is -3.75. The van der Waals surface area contributed by atoms with Gasteiger partial charge in [0.05, 0.1) is 30.4 Å². The van der Waals surface area contributed by atoms with E-state index in [0.29, 0.717) is 24.7 Å². The van der Waals surface area contributed by atoms with E-state index in [9.17, 15) is 13.2 Å². The molecule has 0 aliphatic carbocycles. The van der Waals surface area contributed by atoms with Gasteiger partial charge < -0.3 is 19.5 Å². The third kappa shape index (κ3) is 6.21. The molecule has 0 aromatic heterocycles. The number of rotatable bonds is 9. The smallest absolute Gasteiger partial charge is 0.250 e. The van der Waals surface area contributed by atoms with E-state index < -0.39 is 15.9 Å². The summed E-state index contributed by atoms with van der Waals surface area (Å²) in [4.78, 5) is 12.7. The SMILES string of the molecule is O=C(COCc1ccccc1)Nc1cc(S(=O)(=O)N2CCOCC2)ccc1Oc1ccccc1. The molecule has 1 fully saturated rings. The highest BCUT2D eigenvalue weighted by Crippen LogP contribution is 2.33. The highest BCUT2D eigenvalue weighted by Gasteiger charge is 2.27. The molecule has 34 heavy (non-hydrogen) atoms. The summed E-state index contributed by atoms with van der Waals surface area (Å²) in [5.41, 5.74) is 1.19. The van der Waals surface area contributed by atoms with E-state index in [4.69, 9.17) is 14.2 Å². The molecule has 3 aromatic carbocycles. The van der Waals surface area contributed by atoms with Crippen LogP contribution in [0.4, 0.5) is 5.69 Å². The lowest BCUT2D eigenvalue weighted by Crippen LogP contribution is -2.40. The van der Waals surface area contributed by atoms with Gasteiger partial charge in [-0.2, -0.15) is 4.31 Å². The van der Waals surface area contributed by atoms with Crippen molar-refractivity contribution in [3.05, 3.63) is 84.4 Å². The van der Waals surface area contributed by atoms with Crippen molar-refractivity contribution in [2.75, 3.05) is 38.2 Å². The number of benzene rings is 3. The van der Waals surface area contributed by atoms with Crippen molar-refractivity contribution >= 4 is 21.6 Å². The first-order valence-corrected chi connectivity index (χ1v) is 12.3. The quantitative estimate of drug-likeness (QED) is 0.500. The van der Waals surface area contributed by atoms with E-state index in [1.165, 1.54) is 16.4 Å². The first kappa shape index (κ1) is 23.9. The topological polar surface area (TPSA) is 94.2 Å². The van der Waals surface area contributed by atoms with Crippen LogP contribution in [0.1, 0.15) is 5.56 Å². The molecule has 4 rings (SSSR count). The van der Waals surface area contributed by atoms with E-state index in [-0.39, 0.29) is 36.9 Å². The van der Waals surface area contributed by atoms with Gasteiger partial charge in [-0.05, 0) is 35.9 Å². The molecule has 0 bridgehead atoms. The Bertz CT molecular complexity index is 1200. The molecule has 1 aliphatic heterocycles. The minimum Gasteiger partial charge on any atom is -0.455 e. The van der Waals surface area contributed by atoms with Gasteiger partial charge >= 0.3 is 0 Å². The number of nitrogens with one attached hydrogen (secondary N) is 1. The molecule has 8 nitrogen and oxygen atoms in total. The monoisotopic (exact) mass is 482 g/mol. The van der Waals surface area contributed by atoms with Crippen molar-refractivity contribution in [3.63, 3.8) is 0 Å². The van der Waals surface area contributed by atoms with E-state index >= 15 is 0 Å². The lowest BCUT2D eigenvalue weighted by Gasteiger charge is -2.26. The van der Waals surface area contributed by atoms with E-state index in [2.05, 4.69) is 5.32 Å². The zero-order valence-electron chi connectivity index (χ0n) is 18.6. The molecule has 178 valence electrons. The van der Waals surface area contributed by atoms with Crippen LogP contribution < -0.4 is 10.1 Å². The number of sulfonamides is 1. The summed E-state index contributed by atoms with van der Waals surface area (Å²) in [7, 11) is -3.75. The molecule has 1 amide bonds. The molecule has 0 unspecified atom stereocenters. The first-order valence-electron chi connectivity index (χ1n) is 10.9. The Kier molecular flexibility index (Phi) is 7.91. The second-order valence-electron chi connectivity index (χ2n) is 7.62. The molecule has 1 N–H and O–H groups in total. The number of carbonyl (C=O) groups excluding carboxylic acids is 1. The summed E-state index contributed by atoms with van der Waals surface area (Å²) in [6.07, 6.45) is 0. The van der Waals surface area contributed by atoms with Crippen molar-refractivity contribution in [1.82, 2.24) is 4.31 Å². The second kappa shape index (κ2) is 11.3. The van der Waals surface area contributed by atoms with Crippen molar-refractivity contribution in [2.45, 2.75) is 11.5 Å². The summed E-state index contributed by atoms with van der Waals surface area (Å²) in [6.45, 7) is 1.33. The molecule has 1 heterocycles. The molecule has 1 aliphatic rings. The summed E-state index contributed by atoms with van der Waals surface area (Å²) in [6, 6.07) is 23.0. The molecule has 3 aromatic rings. The normalized spacial score (nSPS) is 14.5. The van der Waals surface area contributed by atoms with Crippen LogP contribution in [0.3, 0.4) is 0 Å². The van der Waals surface area contributed by atoms with Crippen LogP contribution in [0.5, 0.6) is 11.5 Å². The first-order chi connectivity index (χ1) is 16.5. The molecule has 0 radical (unpaired) electrons. The van der Waals surface area contributed by atoms with E-state index in [1.54, 1.807) is 18.2 Å². The van der Waals surface area contributed by atoms with Crippen LogP contribution >= 0.6 is 0 Å². The number of hydrogen-bond donors (Lipinski definition) is 1. The van der Waals surface area contributed by atoms with Crippen LogP contribution in [0.25, 0.3) is 0 Å². The van der Waals surface area contributed by atoms with Crippen molar-refractivity contribution in [2.24, 2.45) is 0 Å². The Labute approximate surface area is 199 Å². The van der Waals surface area contributed by atoms with Crippen LogP contribution in [0, 0.1) is 0 Å². The number of carbonyl (C=O) groups is 1. The van der Waals surface area contributed by atoms with E-state index in [1.807, 2.05) is 48.5 Å². The Morgan fingerprint density at radius 1 is 0.941 bits per heavy atom. The number of amides is 1. The number of hydrogen-bond acceptors (Lipinski definition) is 6. The third-order valence-electron chi connectivity index (χ3n) is 5.15. The number of para-hydroxylation sites is 1. The van der Waals surface area contributed by atoms with Gasteiger partial charge in [0.25, 0.3) is 0 Å². The van der Waals surface area contributed by atoms with E-state index in [0.717, 1.165) is 5.56 Å². The number of morpholine rings is 1. The zero-order valence-corrected chi connectivity index (χ0v) is 19.4. The molecular formula is C25H26N2O6S. The third-order valence-corrected chi connectivity index (χ3v) is 7.04. The fourth-order valence-corrected chi connectivity index (χ4v) is 4.86. The predicted molar refractivity (Wildman–Crippen MR) is 127 cm³/mol. The second-order valence-corrected chi connectivity index (χ2v) is 9.55. The Morgan fingerprint density at radius 3 is 2.32 bits per heavy atom. The average Bonchev–Trinajstić information content (AvgIpc) is 2.87. The maximum absolute atomic E-state index is 13.1. The standard InChI is InChI=1S/C25H26N2O6S/c28-25(19-32-18-20-7-3-1-4-8-20)26-23-17-22(34(29,30)27-13-15-31-16-14-27)11-12-24(23)33-21-9-5-2-6-10-21/h1-12,17H,13-16,18-19H2,(H,26,28). The predicted octanol–water partition coefficient (Wildman–Crippen LogP) is 3.66. The molecular weight excluding hydrogens is 456 g/mol. The minimum absolute atomic E-state index is 0.0651. The fourth-order valence-electron chi connectivity index (χ4n) is 3.43. The Balaban J connectivity index is 1.52. The molecule has 0 spiro atoms. The lowest BCUT2D eigenvalue weighted by atomic mass is 10.2. The van der Waals surface area contributed by atoms with Gasteiger partial charge in [0.1, 0.15) is 12.4 Å². The van der Waals surface area contributed by atoms with Crippen molar-refractivity contribution < 1.29 is 27.4 Å². The van der Waals surface area contributed by atoms with Gasteiger partial charge in [-0.15, -0.1) is 0 Å². The maximum Gasteiger partial charge on any atom is 0.250 e. The van der Waals surface area contributed by atoms with Crippen molar-refractivity contribution in [3.8, 4) is 11.5 Å². The highest BCUT2D eigenvalue weighted by atomic mass is 32.2. The summed E-state index contributed by atoms with van der Waals surface area (Å²) in [5, 5.41) is 2.74. The number of anilines is 1. The van der Waals surface area contributed by atoms with Crippen LogP contribution in [-0.2, 0) is 30.9 Å². The molecule has 9 heteroatoms. The summed E-state index contributed by atoms with van der Waals surface area (Å²) >= 11 is 0. The van der Waals surface area contributed by atoms with Crippen LogP contribution in [0.2, 0.25) is 0 Å². The van der Waals surface area contributed by atoms with Crippen LogP contribution in [-0.4, -0.2) is 51.5 Å². The fraction of sp³-hybridized carbons (Fsp3) is 0.240. The van der Waals surface area contributed by atoms with Gasteiger partial charge in [0, 0.05) is 13.1 Å². The number of nitrogens with zero attached hydrogens (tertiary/aromatic N) is 1. The number of ether oxygens (including phenoxy) is 3. The lowest BCUT2D eigenvalue weighted by molar-refractivity contribution is -0.121. The summed E-state index contributed by atoms with van der Waals surface area (Å²) in [5.74, 6) is 0.459. The average molecular weight is 483 g/mol. The Morgan fingerprint density at radius 2 is 1.62 bits per heavy atom. The molecule has 1 saturated heterocycles.